The molecule has 0 bridgehead atoms. The summed E-state index contributed by atoms with van der Waals surface area (Å²) in [5, 5.41) is 1.01. The molecule has 0 aliphatic rings. The van der Waals surface area contributed by atoms with Crippen LogP contribution < -0.4 is 4.90 Å². The fourth-order valence-electron chi connectivity index (χ4n) is 2.17. The van der Waals surface area contributed by atoms with E-state index in [9.17, 15) is 0 Å². The summed E-state index contributed by atoms with van der Waals surface area (Å²) in [6.07, 6.45) is 3.85. The lowest BCUT2D eigenvalue weighted by Crippen LogP contribution is -2.07. The number of benzene rings is 1. The molecule has 1 heterocycles. The number of allylic oxidation sites excluding steroid dienone is 3. The number of hydrogen-bond acceptors (Lipinski definition) is 3. The molecule has 0 amide bonds. The number of rotatable bonds is 4. The number of hydrogen-bond donors (Lipinski definition) is 0. The van der Waals surface area contributed by atoms with Crippen LogP contribution in [0.15, 0.2) is 43.1 Å². The Bertz CT molecular complexity index is 651. The summed E-state index contributed by atoms with van der Waals surface area (Å²) in [6.45, 7) is 8.26. The molecule has 2 aromatic rings. The van der Waals surface area contributed by atoms with Crippen molar-refractivity contribution in [3.8, 4) is 0 Å². The first-order valence-electron chi connectivity index (χ1n) is 6.57. The highest BCUT2D eigenvalue weighted by molar-refractivity contribution is 7.16. The largest absolute Gasteiger partial charge is 0.354 e. The van der Waals surface area contributed by atoms with Gasteiger partial charge in [0.05, 0.1) is 4.88 Å². The second-order valence-corrected chi connectivity index (χ2v) is 5.97. The lowest BCUT2D eigenvalue weighted by atomic mass is 9.97. The van der Waals surface area contributed by atoms with E-state index in [0.29, 0.717) is 0 Å². The zero-order valence-electron chi connectivity index (χ0n) is 12.5. The van der Waals surface area contributed by atoms with Crippen molar-refractivity contribution in [2.75, 3.05) is 19.0 Å². The maximum Gasteiger partial charge on any atom is 0.185 e. The number of nitrogens with zero attached hydrogens (tertiary/aromatic N) is 2. The normalized spacial score (nSPS) is 12.0. The van der Waals surface area contributed by atoms with Crippen LogP contribution >= 0.6 is 11.3 Å². The molecule has 2 nitrogen and oxygen atoms in total. The minimum Gasteiger partial charge on any atom is -0.354 e. The molecule has 0 saturated heterocycles. The summed E-state index contributed by atoms with van der Waals surface area (Å²) in [5.41, 5.74) is 4.95. The molecule has 0 fully saturated rings. The van der Waals surface area contributed by atoms with Crippen LogP contribution in [0.1, 0.15) is 22.9 Å². The summed E-state index contributed by atoms with van der Waals surface area (Å²) in [4.78, 5) is 7.63. The van der Waals surface area contributed by atoms with Crippen LogP contribution in [0.5, 0.6) is 0 Å². The van der Waals surface area contributed by atoms with E-state index in [2.05, 4.69) is 49.7 Å². The Morgan fingerprint density at radius 3 is 2.55 bits per heavy atom. The lowest BCUT2D eigenvalue weighted by Gasteiger charge is -2.10. The molecule has 0 saturated carbocycles. The van der Waals surface area contributed by atoms with Gasteiger partial charge in [-0.3, -0.25) is 0 Å². The van der Waals surface area contributed by atoms with Gasteiger partial charge in [-0.25, -0.2) is 4.98 Å². The van der Waals surface area contributed by atoms with E-state index in [-0.39, 0.29) is 0 Å². The van der Waals surface area contributed by atoms with Gasteiger partial charge in [-0.2, -0.15) is 0 Å². The molecular weight excluding hydrogens is 264 g/mol. The summed E-state index contributed by atoms with van der Waals surface area (Å²) >= 11 is 1.69. The molecule has 20 heavy (non-hydrogen) atoms. The van der Waals surface area contributed by atoms with Crippen molar-refractivity contribution in [1.29, 1.82) is 0 Å². The molecule has 0 unspecified atom stereocenters. The van der Waals surface area contributed by atoms with Crippen LogP contribution in [-0.4, -0.2) is 19.1 Å². The molecule has 104 valence electrons. The number of anilines is 1. The lowest BCUT2D eigenvalue weighted by molar-refractivity contribution is 1.10. The fourth-order valence-corrected chi connectivity index (χ4v) is 3.11. The second-order valence-electron chi connectivity index (χ2n) is 4.96. The third-order valence-electron chi connectivity index (χ3n) is 3.30. The van der Waals surface area contributed by atoms with Crippen molar-refractivity contribution in [2.45, 2.75) is 13.8 Å². The molecule has 0 radical (unpaired) electrons. The van der Waals surface area contributed by atoms with E-state index < -0.39 is 0 Å². The van der Waals surface area contributed by atoms with Gasteiger partial charge in [-0.15, -0.1) is 0 Å². The van der Waals surface area contributed by atoms with Crippen molar-refractivity contribution >= 4 is 27.6 Å². The third-order valence-corrected chi connectivity index (χ3v) is 4.50. The van der Waals surface area contributed by atoms with E-state index in [4.69, 9.17) is 0 Å². The zero-order chi connectivity index (χ0) is 14.7. The first kappa shape index (κ1) is 14.5. The SMILES string of the molecule is C=CC(=C(C)c1ccccc1C)c1cnc(N(C)C)s1. The predicted octanol–water partition coefficient (Wildman–Crippen LogP) is 4.63. The summed E-state index contributed by atoms with van der Waals surface area (Å²) in [6, 6.07) is 8.43. The molecule has 0 spiro atoms. The van der Waals surface area contributed by atoms with E-state index in [1.807, 2.05) is 31.3 Å². The van der Waals surface area contributed by atoms with Crippen LogP contribution in [0.25, 0.3) is 11.1 Å². The predicted molar refractivity (Wildman–Crippen MR) is 90.3 cm³/mol. The first-order valence-corrected chi connectivity index (χ1v) is 7.39. The second kappa shape index (κ2) is 6.06. The molecule has 1 aromatic carbocycles. The Kier molecular flexibility index (Phi) is 4.40. The van der Waals surface area contributed by atoms with E-state index in [0.717, 1.165) is 15.6 Å². The van der Waals surface area contributed by atoms with Crippen molar-refractivity contribution in [1.82, 2.24) is 4.98 Å². The van der Waals surface area contributed by atoms with Gasteiger partial charge >= 0.3 is 0 Å². The maximum absolute atomic E-state index is 4.45. The van der Waals surface area contributed by atoms with Crippen molar-refractivity contribution in [2.24, 2.45) is 0 Å². The molecule has 2 rings (SSSR count). The van der Waals surface area contributed by atoms with Crippen LogP contribution in [0.4, 0.5) is 5.13 Å². The molecule has 0 atom stereocenters. The van der Waals surface area contributed by atoms with Gasteiger partial charge < -0.3 is 4.90 Å². The van der Waals surface area contributed by atoms with Gasteiger partial charge in [0, 0.05) is 20.3 Å². The minimum atomic E-state index is 1.01. The molecule has 0 N–H and O–H groups in total. The Labute approximate surface area is 125 Å². The first-order chi connectivity index (χ1) is 9.54. The van der Waals surface area contributed by atoms with Gasteiger partial charge in [0.25, 0.3) is 0 Å². The van der Waals surface area contributed by atoms with Gasteiger partial charge in [0.2, 0.25) is 0 Å². The molecule has 3 heteroatoms. The number of thiazole rings is 1. The average Bonchev–Trinajstić information content (AvgIpc) is 2.89. The Balaban J connectivity index is 2.52. The maximum atomic E-state index is 4.45. The minimum absolute atomic E-state index is 1.01. The Morgan fingerprint density at radius 1 is 1.30 bits per heavy atom. The highest BCUT2D eigenvalue weighted by Gasteiger charge is 2.11. The van der Waals surface area contributed by atoms with Gasteiger partial charge in [-0.1, -0.05) is 48.3 Å². The highest BCUT2D eigenvalue weighted by atomic mass is 32.1. The van der Waals surface area contributed by atoms with Crippen molar-refractivity contribution in [3.63, 3.8) is 0 Å². The monoisotopic (exact) mass is 284 g/mol. The summed E-state index contributed by atoms with van der Waals surface area (Å²) in [7, 11) is 4.02. The molecule has 0 aliphatic carbocycles. The number of aryl methyl sites for hydroxylation is 1. The van der Waals surface area contributed by atoms with Gasteiger partial charge in [-0.05, 0) is 36.1 Å². The molecule has 1 aromatic heterocycles. The van der Waals surface area contributed by atoms with E-state index in [1.54, 1.807) is 11.3 Å². The van der Waals surface area contributed by atoms with Gasteiger partial charge in [0.1, 0.15) is 0 Å². The third kappa shape index (κ3) is 2.83. The fraction of sp³-hybridized carbons (Fsp3) is 0.235. The van der Waals surface area contributed by atoms with Crippen molar-refractivity contribution in [3.05, 3.63) is 59.1 Å². The average molecular weight is 284 g/mol. The zero-order valence-corrected chi connectivity index (χ0v) is 13.3. The van der Waals surface area contributed by atoms with E-state index >= 15 is 0 Å². The standard InChI is InChI=1S/C17H20N2S/c1-6-14(16-11-18-17(20-16)19(4)5)13(3)15-10-8-7-9-12(15)2/h6-11H,1H2,2-5H3. The summed E-state index contributed by atoms with van der Waals surface area (Å²) < 4.78 is 0. The van der Waals surface area contributed by atoms with Crippen LogP contribution in [0.3, 0.4) is 0 Å². The van der Waals surface area contributed by atoms with Crippen LogP contribution in [-0.2, 0) is 0 Å². The topological polar surface area (TPSA) is 16.1 Å². The Hall–Kier alpha value is -1.87. The molecular formula is C17H20N2S. The molecule has 0 aliphatic heterocycles. The quantitative estimate of drug-likeness (QED) is 0.761. The van der Waals surface area contributed by atoms with Crippen molar-refractivity contribution < 1.29 is 0 Å². The highest BCUT2D eigenvalue weighted by Crippen LogP contribution is 2.33. The van der Waals surface area contributed by atoms with Gasteiger partial charge in [0.15, 0.2) is 5.13 Å². The number of aromatic nitrogens is 1. The smallest absolute Gasteiger partial charge is 0.185 e. The van der Waals surface area contributed by atoms with Crippen LogP contribution in [0, 0.1) is 6.92 Å². The Morgan fingerprint density at radius 2 is 2.00 bits per heavy atom. The summed E-state index contributed by atoms with van der Waals surface area (Å²) in [5.74, 6) is 0. The van der Waals surface area contributed by atoms with Crippen LogP contribution in [0.2, 0.25) is 0 Å². The van der Waals surface area contributed by atoms with E-state index in [1.165, 1.54) is 16.7 Å².